The number of fused-ring (bicyclic) bond motifs is 1. The average Bonchev–Trinajstić information content (AvgIpc) is 3.14. The molecule has 2 N–H and O–H groups in total. The summed E-state index contributed by atoms with van der Waals surface area (Å²) in [5.41, 5.74) is 4.83. The molecule has 0 saturated carbocycles. The highest BCUT2D eigenvalue weighted by atomic mass is 16.3. The lowest BCUT2D eigenvalue weighted by Gasteiger charge is -2.07. The van der Waals surface area contributed by atoms with Gasteiger partial charge in [-0.1, -0.05) is 63.6 Å². The van der Waals surface area contributed by atoms with Gasteiger partial charge in [0, 0.05) is 23.5 Å². The van der Waals surface area contributed by atoms with E-state index >= 15 is 0 Å². The van der Waals surface area contributed by atoms with Crippen LogP contribution in [0.3, 0.4) is 0 Å². The number of nitrogens with one attached hydrogen (secondary N) is 1. The molecule has 0 aliphatic rings. The summed E-state index contributed by atoms with van der Waals surface area (Å²) >= 11 is 0. The summed E-state index contributed by atoms with van der Waals surface area (Å²) in [6, 6.07) is 17.1. The maximum absolute atomic E-state index is 9.57. The first kappa shape index (κ1) is 21.0. The number of anilines is 2. The van der Waals surface area contributed by atoms with Gasteiger partial charge in [0.2, 0.25) is 0 Å². The highest BCUT2D eigenvalue weighted by Crippen LogP contribution is 2.26. The highest BCUT2D eigenvalue weighted by molar-refractivity contribution is 5.78. The molecular weight excluding hydrogens is 348 g/mol. The minimum atomic E-state index is 0.214. The van der Waals surface area contributed by atoms with Crippen LogP contribution in [0.2, 0.25) is 0 Å². The van der Waals surface area contributed by atoms with Crippen LogP contribution in [0.5, 0.6) is 5.75 Å². The normalized spacial score (nSPS) is 9.75. The van der Waals surface area contributed by atoms with E-state index < -0.39 is 0 Å². The van der Waals surface area contributed by atoms with Crippen LogP contribution >= 0.6 is 0 Å². The SMILES string of the molecule is CC.CC.Cc1cccc(-c2cnn3ccc(Nc4cccc(O)c4)nc23)c1. The molecule has 4 aromatic rings. The Morgan fingerprint density at radius 3 is 2.39 bits per heavy atom. The number of aromatic nitrogens is 3. The smallest absolute Gasteiger partial charge is 0.165 e. The van der Waals surface area contributed by atoms with Crippen molar-refractivity contribution in [3.05, 3.63) is 72.6 Å². The molecule has 0 atom stereocenters. The third kappa shape index (κ3) is 4.88. The van der Waals surface area contributed by atoms with E-state index in [0.29, 0.717) is 5.82 Å². The second-order valence-electron chi connectivity index (χ2n) is 5.68. The molecule has 0 radical (unpaired) electrons. The molecule has 0 spiro atoms. The molecule has 146 valence electrons. The minimum Gasteiger partial charge on any atom is -0.508 e. The van der Waals surface area contributed by atoms with Gasteiger partial charge in [-0.25, -0.2) is 9.50 Å². The largest absolute Gasteiger partial charge is 0.508 e. The fourth-order valence-electron chi connectivity index (χ4n) is 2.69. The predicted molar refractivity (Wildman–Crippen MR) is 117 cm³/mol. The van der Waals surface area contributed by atoms with Gasteiger partial charge < -0.3 is 10.4 Å². The molecule has 2 heterocycles. The summed E-state index contributed by atoms with van der Waals surface area (Å²) in [6.45, 7) is 10.1. The summed E-state index contributed by atoms with van der Waals surface area (Å²) < 4.78 is 1.76. The molecule has 28 heavy (non-hydrogen) atoms. The number of rotatable bonds is 3. The number of nitrogens with zero attached hydrogens (tertiary/aromatic N) is 3. The molecule has 0 fully saturated rings. The number of hydrogen-bond acceptors (Lipinski definition) is 4. The van der Waals surface area contributed by atoms with Gasteiger partial charge in [0.05, 0.1) is 6.20 Å². The van der Waals surface area contributed by atoms with E-state index in [-0.39, 0.29) is 5.75 Å². The van der Waals surface area contributed by atoms with Gasteiger partial charge >= 0.3 is 0 Å². The van der Waals surface area contributed by atoms with Crippen molar-refractivity contribution in [1.82, 2.24) is 14.6 Å². The van der Waals surface area contributed by atoms with E-state index in [1.165, 1.54) is 5.56 Å². The Bertz CT molecular complexity index is 1020. The maximum Gasteiger partial charge on any atom is 0.165 e. The van der Waals surface area contributed by atoms with E-state index in [1.54, 1.807) is 22.7 Å². The van der Waals surface area contributed by atoms with E-state index in [0.717, 1.165) is 22.5 Å². The quantitative estimate of drug-likeness (QED) is 0.446. The predicted octanol–water partition coefficient (Wildman–Crippen LogP) is 6.21. The van der Waals surface area contributed by atoms with Crippen molar-refractivity contribution in [2.24, 2.45) is 0 Å². The molecule has 0 unspecified atom stereocenters. The van der Waals surface area contributed by atoms with Crippen molar-refractivity contribution in [1.29, 1.82) is 0 Å². The van der Waals surface area contributed by atoms with Crippen molar-refractivity contribution in [3.8, 4) is 16.9 Å². The van der Waals surface area contributed by atoms with Crippen LogP contribution in [-0.4, -0.2) is 19.7 Å². The van der Waals surface area contributed by atoms with Gasteiger partial charge in [-0.15, -0.1) is 0 Å². The number of aromatic hydroxyl groups is 1. The molecule has 0 amide bonds. The number of benzene rings is 2. The Labute approximate surface area is 166 Å². The first-order valence-electron chi connectivity index (χ1n) is 9.66. The summed E-state index contributed by atoms with van der Waals surface area (Å²) in [4.78, 5) is 4.67. The van der Waals surface area contributed by atoms with Gasteiger partial charge in [0.15, 0.2) is 5.65 Å². The summed E-state index contributed by atoms with van der Waals surface area (Å²) in [5, 5.41) is 17.2. The van der Waals surface area contributed by atoms with Crippen molar-refractivity contribution in [2.75, 3.05) is 5.32 Å². The fourth-order valence-corrected chi connectivity index (χ4v) is 2.69. The molecule has 4 rings (SSSR count). The van der Waals surface area contributed by atoms with E-state index in [4.69, 9.17) is 0 Å². The van der Waals surface area contributed by atoms with Crippen LogP contribution in [0.15, 0.2) is 67.0 Å². The second kappa shape index (κ2) is 10.1. The van der Waals surface area contributed by atoms with Gasteiger partial charge in [-0.3, -0.25) is 0 Å². The van der Waals surface area contributed by atoms with Crippen molar-refractivity contribution >= 4 is 17.2 Å². The third-order valence-corrected chi connectivity index (χ3v) is 3.82. The Hall–Kier alpha value is -3.34. The second-order valence-corrected chi connectivity index (χ2v) is 5.68. The summed E-state index contributed by atoms with van der Waals surface area (Å²) in [5.74, 6) is 0.911. The lowest BCUT2D eigenvalue weighted by Crippen LogP contribution is -1.97. The minimum absolute atomic E-state index is 0.214. The average molecular weight is 377 g/mol. The third-order valence-electron chi connectivity index (χ3n) is 3.82. The first-order valence-corrected chi connectivity index (χ1v) is 9.66. The number of phenolic OH excluding ortho intramolecular Hbond substituents is 1. The van der Waals surface area contributed by atoms with Crippen LogP contribution in [0, 0.1) is 6.92 Å². The van der Waals surface area contributed by atoms with E-state index in [9.17, 15) is 5.11 Å². The molecule has 0 bridgehead atoms. The van der Waals surface area contributed by atoms with Crippen LogP contribution in [-0.2, 0) is 0 Å². The van der Waals surface area contributed by atoms with Crippen LogP contribution in [0.25, 0.3) is 16.8 Å². The number of aryl methyl sites for hydroxylation is 1. The maximum atomic E-state index is 9.57. The van der Waals surface area contributed by atoms with Gasteiger partial charge in [-0.05, 0) is 30.7 Å². The molecule has 5 nitrogen and oxygen atoms in total. The van der Waals surface area contributed by atoms with Crippen LogP contribution in [0.1, 0.15) is 33.3 Å². The molecule has 0 aliphatic carbocycles. The standard InChI is InChI=1S/C19H16N4O.2C2H6/c1-13-4-2-5-14(10-13)17-12-20-23-9-8-18(22-19(17)23)21-15-6-3-7-16(24)11-15;2*1-2/h2-12,24H,1H3,(H,21,22);2*1-2H3. The molecule has 2 aromatic heterocycles. The van der Waals surface area contributed by atoms with E-state index in [2.05, 4.69) is 40.5 Å². The van der Waals surface area contributed by atoms with Gasteiger partial charge in [0.1, 0.15) is 11.6 Å². The number of phenols is 1. The molecular formula is C23H28N4O. The van der Waals surface area contributed by atoms with Gasteiger partial charge in [0.25, 0.3) is 0 Å². The monoisotopic (exact) mass is 376 g/mol. The Balaban J connectivity index is 0.000000660. The molecule has 0 saturated heterocycles. The van der Waals surface area contributed by atoms with Crippen molar-refractivity contribution in [3.63, 3.8) is 0 Å². The molecule has 5 heteroatoms. The van der Waals surface area contributed by atoms with Crippen molar-refractivity contribution < 1.29 is 5.11 Å². The Morgan fingerprint density at radius 1 is 0.929 bits per heavy atom. The zero-order chi connectivity index (χ0) is 20.5. The van der Waals surface area contributed by atoms with Crippen molar-refractivity contribution in [2.45, 2.75) is 34.6 Å². The highest BCUT2D eigenvalue weighted by Gasteiger charge is 2.09. The molecule has 0 aliphatic heterocycles. The molecule has 2 aromatic carbocycles. The zero-order valence-corrected chi connectivity index (χ0v) is 17.1. The topological polar surface area (TPSA) is 62.5 Å². The lowest BCUT2D eigenvalue weighted by molar-refractivity contribution is 0.475. The first-order chi connectivity index (χ1) is 13.7. The fraction of sp³-hybridized carbons (Fsp3) is 0.217. The van der Waals surface area contributed by atoms with Crippen LogP contribution < -0.4 is 5.32 Å². The van der Waals surface area contributed by atoms with Crippen LogP contribution in [0.4, 0.5) is 11.5 Å². The zero-order valence-electron chi connectivity index (χ0n) is 17.1. The Kier molecular flexibility index (Phi) is 7.57. The number of hydrogen-bond donors (Lipinski definition) is 2. The summed E-state index contributed by atoms with van der Waals surface area (Å²) in [7, 11) is 0. The Morgan fingerprint density at radius 2 is 1.68 bits per heavy atom. The summed E-state index contributed by atoms with van der Waals surface area (Å²) in [6.07, 6.45) is 3.70. The lowest BCUT2D eigenvalue weighted by atomic mass is 10.1. The van der Waals surface area contributed by atoms with Gasteiger partial charge in [-0.2, -0.15) is 5.10 Å². The van der Waals surface area contributed by atoms with E-state index in [1.807, 2.05) is 58.3 Å².